The summed E-state index contributed by atoms with van der Waals surface area (Å²) >= 11 is 0. The van der Waals surface area contributed by atoms with Crippen LogP contribution in [0.15, 0.2) is 12.1 Å². The van der Waals surface area contributed by atoms with Crippen molar-refractivity contribution in [1.82, 2.24) is 0 Å². The van der Waals surface area contributed by atoms with Crippen LogP contribution in [-0.2, 0) is 4.65 Å². The van der Waals surface area contributed by atoms with Gasteiger partial charge < -0.3 is 9.68 Å². The summed E-state index contributed by atoms with van der Waals surface area (Å²) in [5.41, 5.74) is 2.04. The third-order valence-electron chi connectivity index (χ3n) is 2.03. The van der Waals surface area contributed by atoms with Gasteiger partial charge in [-0.15, -0.1) is 0 Å². The molecule has 0 fully saturated rings. The number of halogens is 1. The van der Waals surface area contributed by atoms with Gasteiger partial charge in [0.1, 0.15) is 5.82 Å². The van der Waals surface area contributed by atoms with E-state index in [1.807, 2.05) is 0 Å². The Morgan fingerprint density at radius 1 is 1.31 bits per heavy atom. The molecule has 0 saturated heterocycles. The molecule has 0 aliphatic heterocycles. The fourth-order valence-corrected chi connectivity index (χ4v) is 1.43. The highest BCUT2D eigenvalue weighted by atomic mass is 19.1. The second kappa shape index (κ2) is 3.90. The van der Waals surface area contributed by atoms with Crippen LogP contribution in [0.25, 0.3) is 0 Å². The van der Waals surface area contributed by atoms with Crippen molar-refractivity contribution >= 4 is 12.6 Å². The molecule has 0 amide bonds. The average Bonchev–Trinajstić information content (AvgIpc) is 2.02. The zero-order chi connectivity index (χ0) is 10.0. The largest absolute Gasteiger partial charge is 0.491 e. The predicted octanol–water partition coefficient (Wildman–Crippen LogP) is 0.776. The summed E-state index contributed by atoms with van der Waals surface area (Å²) in [6.45, 7) is 3.49. The minimum absolute atomic E-state index is 0.290. The molecule has 13 heavy (non-hydrogen) atoms. The van der Waals surface area contributed by atoms with Gasteiger partial charge in [-0.1, -0.05) is 0 Å². The van der Waals surface area contributed by atoms with Crippen molar-refractivity contribution in [3.8, 4) is 0 Å². The molecule has 0 aliphatic carbocycles. The highest BCUT2D eigenvalue weighted by Crippen LogP contribution is 2.06. The second-order valence-electron chi connectivity index (χ2n) is 3.04. The maximum absolute atomic E-state index is 12.9. The highest BCUT2D eigenvalue weighted by molar-refractivity contribution is 6.61. The van der Waals surface area contributed by atoms with Crippen LogP contribution in [0.4, 0.5) is 4.39 Å². The van der Waals surface area contributed by atoms with Gasteiger partial charge in [-0.2, -0.15) is 0 Å². The molecule has 70 valence electrons. The minimum atomic E-state index is -0.972. The Bertz CT molecular complexity index is 291. The van der Waals surface area contributed by atoms with Crippen molar-refractivity contribution in [2.75, 3.05) is 7.11 Å². The zero-order valence-corrected chi connectivity index (χ0v) is 7.97. The first-order valence-electron chi connectivity index (χ1n) is 4.03. The Morgan fingerprint density at radius 3 is 2.15 bits per heavy atom. The Hall–Kier alpha value is -0.865. The number of hydrogen-bond donors (Lipinski definition) is 1. The Kier molecular flexibility index (Phi) is 3.06. The van der Waals surface area contributed by atoms with Crippen molar-refractivity contribution in [1.29, 1.82) is 0 Å². The summed E-state index contributed by atoms with van der Waals surface area (Å²) in [6, 6.07) is 2.76. The molecule has 1 aromatic rings. The number of rotatable bonds is 2. The van der Waals surface area contributed by atoms with Gasteiger partial charge in [-0.3, -0.25) is 0 Å². The first-order chi connectivity index (χ1) is 6.06. The summed E-state index contributed by atoms with van der Waals surface area (Å²) in [5, 5.41) is 9.44. The fraction of sp³-hybridized carbons (Fsp3) is 0.333. The van der Waals surface area contributed by atoms with E-state index >= 15 is 0 Å². The van der Waals surface area contributed by atoms with E-state index < -0.39 is 7.12 Å². The van der Waals surface area contributed by atoms with Crippen LogP contribution in [-0.4, -0.2) is 19.3 Å². The third-order valence-corrected chi connectivity index (χ3v) is 2.03. The van der Waals surface area contributed by atoms with E-state index in [9.17, 15) is 9.41 Å². The summed E-state index contributed by atoms with van der Waals surface area (Å²) < 4.78 is 17.6. The maximum Gasteiger partial charge on any atom is 0.491 e. The van der Waals surface area contributed by atoms with Crippen molar-refractivity contribution in [3.63, 3.8) is 0 Å². The lowest BCUT2D eigenvalue weighted by Crippen LogP contribution is -2.36. The second-order valence-corrected chi connectivity index (χ2v) is 3.04. The number of aryl methyl sites for hydroxylation is 2. The van der Waals surface area contributed by atoms with Gasteiger partial charge >= 0.3 is 7.12 Å². The monoisotopic (exact) mass is 182 g/mol. The number of hydrogen-bond acceptors (Lipinski definition) is 2. The van der Waals surface area contributed by atoms with Crippen LogP contribution in [0, 0.1) is 19.7 Å². The van der Waals surface area contributed by atoms with Crippen molar-refractivity contribution in [3.05, 3.63) is 29.1 Å². The Balaban J connectivity index is 3.20. The van der Waals surface area contributed by atoms with Gasteiger partial charge in [0.15, 0.2) is 0 Å². The van der Waals surface area contributed by atoms with Gasteiger partial charge in [0.25, 0.3) is 0 Å². The molecule has 0 heterocycles. The van der Waals surface area contributed by atoms with Gasteiger partial charge in [0.05, 0.1) is 0 Å². The lowest BCUT2D eigenvalue weighted by Gasteiger charge is -2.11. The van der Waals surface area contributed by atoms with Crippen LogP contribution in [0.3, 0.4) is 0 Å². The van der Waals surface area contributed by atoms with Crippen LogP contribution in [0.5, 0.6) is 0 Å². The molecule has 1 aromatic carbocycles. The fourth-order valence-electron chi connectivity index (χ4n) is 1.43. The maximum atomic E-state index is 12.9. The van der Waals surface area contributed by atoms with E-state index in [0.717, 1.165) is 0 Å². The average molecular weight is 182 g/mol. The third kappa shape index (κ3) is 2.08. The van der Waals surface area contributed by atoms with Gasteiger partial charge in [0.2, 0.25) is 0 Å². The zero-order valence-electron chi connectivity index (χ0n) is 7.97. The SMILES string of the molecule is COB(O)c1c(C)cc(F)cc1C. The quantitative estimate of drug-likeness (QED) is 0.684. The molecule has 0 aromatic heterocycles. The molecule has 0 atom stereocenters. The minimum Gasteiger partial charge on any atom is -0.423 e. The summed E-state index contributed by atoms with van der Waals surface area (Å²) in [4.78, 5) is 0. The number of benzene rings is 1. The highest BCUT2D eigenvalue weighted by Gasteiger charge is 2.19. The van der Waals surface area contributed by atoms with E-state index in [1.54, 1.807) is 13.8 Å². The molecule has 4 heteroatoms. The van der Waals surface area contributed by atoms with E-state index in [0.29, 0.717) is 16.6 Å². The lowest BCUT2D eigenvalue weighted by atomic mass is 9.74. The summed E-state index contributed by atoms with van der Waals surface area (Å²) in [5.74, 6) is -0.290. The van der Waals surface area contributed by atoms with E-state index in [2.05, 4.69) is 0 Å². The van der Waals surface area contributed by atoms with Gasteiger partial charge in [-0.05, 0) is 42.6 Å². The van der Waals surface area contributed by atoms with Gasteiger partial charge in [0, 0.05) is 7.11 Å². The van der Waals surface area contributed by atoms with E-state index in [4.69, 9.17) is 4.65 Å². The normalized spacial score (nSPS) is 10.2. The standard InChI is InChI=1S/C9H12BFO2/c1-6-4-8(11)5-7(2)9(6)10(12)13-3/h4-5,12H,1-3H3. The van der Waals surface area contributed by atoms with Crippen LogP contribution < -0.4 is 5.46 Å². The van der Waals surface area contributed by atoms with Crippen LogP contribution >= 0.6 is 0 Å². The van der Waals surface area contributed by atoms with E-state index in [1.165, 1.54) is 19.2 Å². The van der Waals surface area contributed by atoms with E-state index in [-0.39, 0.29) is 5.82 Å². The Labute approximate surface area is 77.5 Å². The first kappa shape index (κ1) is 10.2. The molecule has 0 bridgehead atoms. The Morgan fingerprint density at radius 2 is 1.77 bits per heavy atom. The van der Waals surface area contributed by atoms with Crippen molar-refractivity contribution in [2.45, 2.75) is 13.8 Å². The molecule has 0 spiro atoms. The lowest BCUT2D eigenvalue weighted by molar-refractivity contribution is 0.341. The van der Waals surface area contributed by atoms with Crippen LogP contribution in [0.1, 0.15) is 11.1 Å². The molecule has 1 N–H and O–H groups in total. The molecule has 2 nitrogen and oxygen atoms in total. The van der Waals surface area contributed by atoms with Crippen LogP contribution in [0.2, 0.25) is 0 Å². The smallest absolute Gasteiger partial charge is 0.423 e. The van der Waals surface area contributed by atoms with Crippen molar-refractivity contribution in [2.24, 2.45) is 0 Å². The van der Waals surface area contributed by atoms with Crippen molar-refractivity contribution < 1.29 is 14.1 Å². The summed E-state index contributed by atoms with van der Waals surface area (Å²) in [6.07, 6.45) is 0. The first-order valence-corrected chi connectivity index (χ1v) is 4.03. The molecular weight excluding hydrogens is 170 g/mol. The molecule has 0 unspecified atom stereocenters. The predicted molar refractivity (Wildman–Crippen MR) is 50.5 cm³/mol. The molecule has 0 aliphatic rings. The summed E-state index contributed by atoms with van der Waals surface area (Å²) in [7, 11) is 0.438. The molecule has 1 rings (SSSR count). The van der Waals surface area contributed by atoms with Gasteiger partial charge in [-0.25, -0.2) is 4.39 Å². The molecule has 0 saturated carbocycles. The topological polar surface area (TPSA) is 29.5 Å². The molecular formula is C9H12BFO2. The molecule has 0 radical (unpaired) electrons.